The van der Waals surface area contributed by atoms with E-state index in [0.717, 1.165) is 0 Å². The van der Waals surface area contributed by atoms with Crippen LogP contribution in [0.25, 0.3) is 0 Å². The van der Waals surface area contributed by atoms with Crippen molar-refractivity contribution in [1.82, 2.24) is 5.32 Å². The molecule has 1 atom stereocenters. The molecule has 0 saturated carbocycles. The quantitative estimate of drug-likeness (QED) is 0.882. The van der Waals surface area contributed by atoms with Gasteiger partial charge in [0.25, 0.3) is 0 Å². The van der Waals surface area contributed by atoms with Crippen molar-refractivity contribution in [1.29, 1.82) is 0 Å². The molecule has 1 N–H and O–H groups in total. The standard InChI is InChI=1S/C14H17FN2O2/c1-8(2)13-14(19)16-7-12(18)17(13)10-4-5-11(15)9(3)6-10/h4-6,8,13H,7H2,1-3H3,(H,16,19). The Hall–Kier alpha value is -1.91. The van der Waals surface area contributed by atoms with Crippen LogP contribution in [0.2, 0.25) is 0 Å². The van der Waals surface area contributed by atoms with Gasteiger partial charge in [0.1, 0.15) is 11.9 Å². The molecule has 1 unspecified atom stereocenters. The second-order valence-electron chi connectivity index (χ2n) is 5.10. The van der Waals surface area contributed by atoms with E-state index in [1.165, 1.54) is 17.0 Å². The molecule has 1 aliphatic rings. The Morgan fingerprint density at radius 3 is 2.63 bits per heavy atom. The van der Waals surface area contributed by atoms with Crippen molar-refractivity contribution in [3.05, 3.63) is 29.6 Å². The highest BCUT2D eigenvalue weighted by atomic mass is 19.1. The van der Waals surface area contributed by atoms with Gasteiger partial charge in [0, 0.05) is 5.69 Å². The molecule has 1 aromatic rings. The number of benzene rings is 1. The third-order valence-electron chi connectivity index (χ3n) is 3.28. The highest BCUT2D eigenvalue weighted by molar-refractivity contribution is 6.06. The number of rotatable bonds is 2. The van der Waals surface area contributed by atoms with Crippen molar-refractivity contribution in [3.8, 4) is 0 Å². The number of carbonyl (C=O) groups is 2. The molecule has 1 aliphatic heterocycles. The molecule has 102 valence electrons. The Morgan fingerprint density at radius 2 is 2.05 bits per heavy atom. The first-order valence-electron chi connectivity index (χ1n) is 6.27. The molecule has 4 nitrogen and oxygen atoms in total. The molecule has 0 bridgehead atoms. The zero-order chi connectivity index (χ0) is 14.2. The molecule has 19 heavy (non-hydrogen) atoms. The van der Waals surface area contributed by atoms with Crippen molar-refractivity contribution in [3.63, 3.8) is 0 Å². The largest absolute Gasteiger partial charge is 0.345 e. The molecular weight excluding hydrogens is 247 g/mol. The van der Waals surface area contributed by atoms with E-state index in [9.17, 15) is 14.0 Å². The van der Waals surface area contributed by atoms with Crippen LogP contribution in [0.3, 0.4) is 0 Å². The van der Waals surface area contributed by atoms with Gasteiger partial charge in [-0.2, -0.15) is 0 Å². The van der Waals surface area contributed by atoms with E-state index in [1.54, 1.807) is 13.0 Å². The van der Waals surface area contributed by atoms with E-state index in [-0.39, 0.29) is 30.1 Å². The monoisotopic (exact) mass is 264 g/mol. The number of piperazine rings is 1. The number of nitrogens with zero attached hydrogens (tertiary/aromatic N) is 1. The highest BCUT2D eigenvalue weighted by Crippen LogP contribution is 2.25. The van der Waals surface area contributed by atoms with E-state index in [4.69, 9.17) is 0 Å². The van der Waals surface area contributed by atoms with Crippen molar-refractivity contribution < 1.29 is 14.0 Å². The molecule has 0 spiro atoms. The molecule has 2 amide bonds. The number of anilines is 1. The lowest BCUT2D eigenvalue weighted by Gasteiger charge is -2.37. The SMILES string of the molecule is Cc1cc(N2C(=O)CNC(=O)C2C(C)C)ccc1F. The van der Waals surface area contributed by atoms with Gasteiger partial charge >= 0.3 is 0 Å². The molecule has 1 aromatic carbocycles. The van der Waals surface area contributed by atoms with Gasteiger partial charge in [-0.25, -0.2) is 4.39 Å². The molecule has 0 aliphatic carbocycles. The van der Waals surface area contributed by atoms with E-state index >= 15 is 0 Å². The third-order valence-corrected chi connectivity index (χ3v) is 3.28. The van der Waals surface area contributed by atoms with Crippen molar-refractivity contribution in [2.75, 3.05) is 11.4 Å². The summed E-state index contributed by atoms with van der Waals surface area (Å²) in [6.45, 7) is 5.38. The molecule has 5 heteroatoms. The summed E-state index contributed by atoms with van der Waals surface area (Å²) < 4.78 is 13.3. The maximum Gasteiger partial charge on any atom is 0.247 e. The van der Waals surface area contributed by atoms with Gasteiger partial charge in [-0.15, -0.1) is 0 Å². The number of hydrogen-bond donors (Lipinski definition) is 1. The fraction of sp³-hybridized carbons (Fsp3) is 0.429. The van der Waals surface area contributed by atoms with Gasteiger partial charge in [-0.3, -0.25) is 14.5 Å². The Labute approximate surface area is 111 Å². The summed E-state index contributed by atoms with van der Waals surface area (Å²) in [5.41, 5.74) is 1.02. The zero-order valence-corrected chi connectivity index (χ0v) is 11.2. The van der Waals surface area contributed by atoms with Crippen LogP contribution >= 0.6 is 0 Å². The predicted molar refractivity (Wildman–Crippen MR) is 70.3 cm³/mol. The number of hydrogen-bond acceptors (Lipinski definition) is 2. The van der Waals surface area contributed by atoms with Crippen LogP contribution in [0.4, 0.5) is 10.1 Å². The predicted octanol–water partition coefficient (Wildman–Crippen LogP) is 1.62. The smallest absolute Gasteiger partial charge is 0.247 e. The number of aryl methyl sites for hydroxylation is 1. The summed E-state index contributed by atoms with van der Waals surface area (Å²) in [5, 5.41) is 2.58. The topological polar surface area (TPSA) is 49.4 Å². The highest BCUT2D eigenvalue weighted by Gasteiger charge is 2.37. The lowest BCUT2D eigenvalue weighted by atomic mass is 9.98. The number of nitrogens with one attached hydrogen (secondary N) is 1. The van der Waals surface area contributed by atoms with E-state index in [2.05, 4.69) is 5.32 Å². The van der Waals surface area contributed by atoms with Crippen molar-refractivity contribution in [2.45, 2.75) is 26.8 Å². The number of amides is 2. The fourth-order valence-electron chi connectivity index (χ4n) is 2.31. The van der Waals surface area contributed by atoms with Crippen LogP contribution in [-0.2, 0) is 9.59 Å². The molecule has 0 radical (unpaired) electrons. The number of carbonyl (C=O) groups excluding carboxylic acids is 2. The summed E-state index contributed by atoms with van der Waals surface area (Å²) >= 11 is 0. The lowest BCUT2D eigenvalue weighted by Crippen LogP contribution is -2.60. The second kappa shape index (κ2) is 4.99. The normalized spacial score (nSPS) is 19.8. The van der Waals surface area contributed by atoms with Crippen LogP contribution in [0.5, 0.6) is 0 Å². The Kier molecular flexibility index (Phi) is 3.55. The van der Waals surface area contributed by atoms with E-state index < -0.39 is 6.04 Å². The summed E-state index contributed by atoms with van der Waals surface area (Å²) in [7, 11) is 0. The summed E-state index contributed by atoms with van der Waals surface area (Å²) in [5.74, 6) is -0.686. The van der Waals surface area contributed by atoms with Crippen LogP contribution in [0, 0.1) is 18.7 Å². The maximum absolute atomic E-state index is 13.3. The van der Waals surface area contributed by atoms with Crippen LogP contribution in [0.1, 0.15) is 19.4 Å². The second-order valence-corrected chi connectivity index (χ2v) is 5.10. The fourth-order valence-corrected chi connectivity index (χ4v) is 2.31. The Bertz CT molecular complexity index is 528. The van der Waals surface area contributed by atoms with Gasteiger partial charge in [-0.05, 0) is 36.6 Å². The van der Waals surface area contributed by atoms with Gasteiger partial charge in [0.05, 0.1) is 6.54 Å². The number of halogens is 1. The third kappa shape index (κ3) is 2.45. The van der Waals surface area contributed by atoms with Crippen LogP contribution in [0.15, 0.2) is 18.2 Å². The molecular formula is C14H17FN2O2. The first kappa shape index (κ1) is 13.5. The molecule has 2 rings (SSSR count). The lowest BCUT2D eigenvalue weighted by molar-refractivity contribution is -0.131. The van der Waals surface area contributed by atoms with Gasteiger partial charge in [-0.1, -0.05) is 13.8 Å². The average molecular weight is 264 g/mol. The van der Waals surface area contributed by atoms with Gasteiger partial charge < -0.3 is 5.32 Å². The minimum atomic E-state index is -0.550. The minimum Gasteiger partial charge on any atom is -0.345 e. The van der Waals surface area contributed by atoms with Crippen molar-refractivity contribution in [2.24, 2.45) is 5.92 Å². The average Bonchev–Trinajstić information content (AvgIpc) is 2.35. The minimum absolute atomic E-state index is 0.0154. The van der Waals surface area contributed by atoms with Crippen molar-refractivity contribution >= 4 is 17.5 Å². The first-order chi connectivity index (χ1) is 8.91. The molecule has 1 saturated heterocycles. The summed E-state index contributed by atoms with van der Waals surface area (Å²) in [6, 6.07) is 3.91. The molecule has 0 aromatic heterocycles. The Balaban J connectivity index is 2.45. The molecule has 1 fully saturated rings. The first-order valence-corrected chi connectivity index (χ1v) is 6.27. The van der Waals surface area contributed by atoms with Crippen LogP contribution < -0.4 is 10.2 Å². The van der Waals surface area contributed by atoms with Crippen LogP contribution in [-0.4, -0.2) is 24.4 Å². The zero-order valence-electron chi connectivity index (χ0n) is 11.2. The Morgan fingerprint density at radius 1 is 1.37 bits per heavy atom. The van der Waals surface area contributed by atoms with Gasteiger partial charge in [0.15, 0.2) is 0 Å². The summed E-state index contributed by atoms with van der Waals surface area (Å²) in [4.78, 5) is 25.5. The van der Waals surface area contributed by atoms with E-state index in [1.807, 2.05) is 13.8 Å². The van der Waals surface area contributed by atoms with Gasteiger partial charge in [0.2, 0.25) is 11.8 Å². The maximum atomic E-state index is 13.3. The molecule has 1 heterocycles. The summed E-state index contributed by atoms with van der Waals surface area (Å²) in [6.07, 6.45) is 0. The van der Waals surface area contributed by atoms with E-state index in [0.29, 0.717) is 11.3 Å².